The number of thiophene rings is 1. The lowest BCUT2D eigenvalue weighted by atomic mass is 9.83. The van der Waals surface area contributed by atoms with Crippen molar-refractivity contribution in [2.45, 2.75) is 46.6 Å². The van der Waals surface area contributed by atoms with Crippen molar-refractivity contribution in [3.05, 3.63) is 4.88 Å². The van der Waals surface area contributed by atoms with E-state index in [1.54, 1.807) is 0 Å². The Hall–Kier alpha value is -1.41. The Bertz CT molecular complexity index is 518. The predicted octanol–water partition coefficient (Wildman–Crippen LogP) is 3.62. The van der Waals surface area contributed by atoms with E-state index in [1.807, 2.05) is 13.8 Å². The highest BCUT2D eigenvalue weighted by Gasteiger charge is 2.29. The number of hydrogen-bond donors (Lipinski definition) is 1. The van der Waals surface area contributed by atoms with Crippen molar-refractivity contribution in [1.29, 1.82) is 5.26 Å². The van der Waals surface area contributed by atoms with Crippen LogP contribution in [0.3, 0.4) is 0 Å². The molecular formula is C15H23N3OS. The molecule has 0 unspecified atom stereocenters. The third kappa shape index (κ3) is 3.01. The number of anilines is 2. The average molecular weight is 293 g/mol. The first kappa shape index (κ1) is 15.0. The van der Waals surface area contributed by atoms with Crippen molar-refractivity contribution in [1.82, 2.24) is 0 Å². The van der Waals surface area contributed by atoms with Gasteiger partial charge in [-0.05, 0) is 32.1 Å². The molecule has 1 aromatic heterocycles. The lowest BCUT2D eigenvalue weighted by Crippen LogP contribution is -2.37. The fourth-order valence-corrected chi connectivity index (χ4v) is 3.38. The average Bonchev–Trinajstić information content (AvgIpc) is 2.66. The number of rotatable bonds is 3. The number of nitrogens with two attached hydrogens (primary N) is 1. The Morgan fingerprint density at radius 1 is 1.35 bits per heavy atom. The maximum absolute atomic E-state index is 9.18. The largest absolute Gasteiger partial charge is 0.486 e. The van der Waals surface area contributed by atoms with Gasteiger partial charge in [0.15, 0.2) is 5.75 Å². The lowest BCUT2D eigenvalue weighted by Gasteiger charge is -2.37. The van der Waals surface area contributed by atoms with Crippen molar-refractivity contribution >= 4 is 22.0 Å². The number of ether oxygens (including phenoxy) is 1. The van der Waals surface area contributed by atoms with Crippen LogP contribution in [0, 0.1) is 16.7 Å². The summed E-state index contributed by atoms with van der Waals surface area (Å²) in [6.45, 7) is 10.6. The van der Waals surface area contributed by atoms with Gasteiger partial charge in [-0.2, -0.15) is 5.26 Å². The van der Waals surface area contributed by atoms with Crippen LogP contribution in [-0.2, 0) is 0 Å². The minimum absolute atomic E-state index is 0.0541. The zero-order valence-corrected chi connectivity index (χ0v) is 13.5. The smallest absolute Gasteiger partial charge is 0.178 e. The highest BCUT2D eigenvalue weighted by Crippen LogP contribution is 2.46. The SMILES string of the molecule is CC(C)Oc1c(N2CCC(C)(C)CC2)sc(C#N)c1N. The van der Waals surface area contributed by atoms with Crippen molar-refractivity contribution < 1.29 is 4.74 Å². The van der Waals surface area contributed by atoms with Crippen molar-refractivity contribution in [3.8, 4) is 11.8 Å². The van der Waals surface area contributed by atoms with E-state index in [1.165, 1.54) is 11.3 Å². The van der Waals surface area contributed by atoms with E-state index < -0.39 is 0 Å². The standard InChI is InChI=1S/C15H23N3OS/c1-10(2)19-13-12(17)11(9-16)20-14(13)18-7-5-15(3,4)6-8-18/h10H,5-8,17H2,1-4H3. The second kappa shape index (κ2) is 5.53. The molecule has 4 nitrogen and oxygen atoms in total. The van der Waals surface area contributed by atoms with Crippen LogP contribution in [0.15, 0.2) is 0 Å². The normalized spacial score (nSPS) is 18.1. The molecule has 0 bridgehead atoms. The molecule has 0 radical (unpaired) electrons. The van der Waals surface area contributed by atoms with Gasteiger partial charge in [0, 0.05) is 13.1 Å². The molecule has 1 aliphatic heterocycles. The van der Waals surface area contributed by atoms with E-state index in [9.17, 15) is 5.26 Å². The summed E-state index contributed by atoms with van der Waals surface area (Å²) in [6, 6.07) is 2.17. The molecular weight excluding hydrogens is 270 g/mol. The van der Waals surface area contributed by atoms with Crippen molar-refractivity contribution in [2.75, 3.05) is 23.7 Å². The van der Waals surface area contributed by atoms with Gasteiger partial charge < -0.3 is 15.4 Å². The van der Waals surface area contributed by atoms with Crippen LogP contribution in [0.25, 0.3) is 0 Å². The lowest BCUT2D eigenvalue weighted by molar-refractivity contribution is 0.242. The fraction of sp³-hybridized carbons (Fsp3) is 0.667. The van der Waals surface area contributed by atoms with Crippen LogP contribution in [0.4, 0.5) is 10.7 Å². The summed E-state index contributed by atoms with van der Waals surface area (Å²) in [5, 5.41) is 10.2. The molecule has 2 heterocycles. The molecule has 2 N–H and O–H groups in total. The summed E-state index contributed by atoms with van der Waals surface area (Å²) in [5.41, 5.74) is 6.95. The van der Waals surface area contributed by atoms with Gasteiger partial charge in [-0.1, -0.05) is 13.8 Å². The van der Waals surface area contributed by atoms with Gasteiger partial charge in [-0.3, -0.25) is 0 Å². The molecule has 0 spiro atoms. The summed E-state index contributed by atoms with van der Waals surface area (Å²) < 4.78 is 5.86. The van der Waals surface area contributed by atoms with Crippen molar-refractivity contribution in [3.63, 3.8) is 0 Å². The van der Waals surface area contributed by atoms with Crippen LogP contribution in [0.5, 0.6) is 5.75 Å². The quantitative estimate of drug-likeness (QED) is 0.924. The molecule has 1 aromatic rings. The summed E-state index contributed by atoms with van der Waals surface area (Å²) in [6.07, 6.45) is 2.35. The first-order valence-corrected chi connectivity index (χ1v) is 7.89. The van der Waals surface area contributed by atoms with E-state index >= 15 is 0 Å². The maximum atomic E-state index is 9.18. The van der Waals surface area contributed by atoms with Crippen LogP contribution in [-0.4, -0.2) is 19.2 Å². The summed E-state index contributed by atoms with van der Waals surface area (Å²) in [4.78, 5) is 2.87. The molecule has 1 aliphatic rings. The van der Waals surface area contributed by atoms with Gasteiger partial charge in [0.25, 0.3) is 0 Å². The van der Waals surface area contributed by atoms with Gasteiger partial charge in [0.1, 0.15) is 21.6 Å². The summed E-state index contributed by atoms with van der Waals surface area (Å²) in [7, 11) is 0. The van der Waals surface area contributed by atoms with Crippen LogP contribution in [0.1, 0.15) is 45.4 Å². The molecule has 1 saturated heterocycles. The first-order chi connectivity index (χ1) is 9.34. The number of nitrogen functional groups attached to an aromatic ring is 1. The molecule has 0 aromatic carbocycles. The topological polar surface area (TPSA) is 62.3 Å². The fourth-order valence-electron chi connectivity index (χ4n) is 2.37. The third-order valence-corrected chi connectivity index (χ3v) is 4.89. The Morgan fingerprint density at radius 2 is 1.95 bits per heavy atom. The summed E-state index contributed by atoms with van der Waals surface area (Å²) in [5.74, 6) is 0.696. The van der Waals surface area contributed by atoms with Gasteiger partial charge in [-0.15, -0.1) is 11.3 Å². The Labute approximate surface area is 125 Å². The van der Waals surface area contributed by atoms with Crippen LogP contribution in [0.2, 0.25) is 0 Å². The van der Waals surface area contributed by atoms with Crippen molar-refractivity contribution in [2.24, 2.45) is 5.41 Å². The maximum Gasteiger partial charge on any atom is 0.178 e. The summed E-state index contributed by atoms with van der Waals surface area (Å²) >= 11 is 1.45. The molecule has 20 heavy (non-hydrogen) atoms. The number of nitriles is 1. The number of piperidine rings is 1. The zero-order chi connectivity index (χ0) is 14.9. The number of hydrogen-bond acceptors (Lipinski definition) is 5. The minimum Gasteiger partial charge on any atom is -0.486 e. The van der Waals surface area contributed by atoms with Crippen LogP contribution >= 0.6 is 11.3 Å². The molecule has 0 amide bonds. The second-order valence-electron chi connectivity index (χ2n) is 6.41. The Morgan fingerprint density at radius 3 is 2.45 bits per heavy atom. The zero-order valence-electron chi connectivity index (χ0n) is 12.7. The van der Waals surface area contributed by atoms with E-state index in [0.717, 1.165) is 30.9 Å². The van der Waals surface area contributed by atoms with E-state index in [2.05, 4.69) is 24.8 Å². The highest BCUT2D eigenvalue weighted by molar-refractivity contribution is 7.17. The van der Waals surface area contributed by atoms with Gasteiger partial charge in [0.2, 0.25) is 0 Å². The third-order valence-electron chi connectivity index (χ3n) is 3.74. The monoisotopic (exact) mass is 293 g/mol. The van der Waals surface area contributed by atoms with E-state index in [0.29, 0.717) is 21.7 Å². The molecule has 0 aliphatic carbocycles. The van der Waals surface area contributed by atoms with E-state index in [4.69, 9.17) is 10.5 Å². The molecule has 0 saturated carbocycles. The molecule has 1 fully saturated rings. The highest BCUT2D eigenvalue weighted by atomic mass is 32.1. The molecule has 5 heteroatoms. The van der Waals surface area contributed by atoms with Gasteiger partial charge in [-0.25, -0.2) is 0 Å². The van der Waals surface area contributed by atoms with Gasteiger partial charge >= 0.3 is 0 Å². The molecule has 0 atom stereocenters. The van der Waals surface area contributed by atoms with Gasteiger partial charge in [0.05, 0.1) is 6.10 Å². The second-order valence-corrected chi connectivity index (χ2v) is 7.41. The minimum atomic E-state index is 0.0541. The number of nitrogens with zero attached hydrogens (tertiary/aromatic N) is 2. The predicted molar refractivity (Wildman–Crippen MR) is 84.4 cm³/mol. The molecule has 2 rings (SSSR count). The Balaban J connectivity index is 2.29. The Kier molecular flexibility index (Phi) is 4.14. The molecule has 110 valence electrons. The van der Waals surface area contributed by atoms with E-state index in [-0.39, 0.29) is 6.10 Å². The first-order valence-electron chi connectivity index (χ1n) is 7.08. The van der Waals surface area contributed by atoms with Crippen LogP contribution < -0.4 is 15.4 Å².